The van der Waals surface area contributed by atoms with Gasteiger partial charge in [-0.3, -0.25) is 0 Å². The lowest BCUT2D eigenvalue weighted by molar-refractivity contribution is 0.650. The van der Waals surface area contributed by atoms with E-state index in [1.807, 2.05) is 0 Å². The van der Waals surface area contributed by atoms with Gasteiger partial charge in [-0.05, 0) is 94.5 Å². The molecule has 1 nitrogen and oxygen atoms in total. The molecule has 0 bridgehead atoms. The molecular weight excluding hydrogens is 653 g/mol. The van der Waals surface area contributed by atoms with Crippen LogP contribution in [0, 0.1) is 0 Å². The molecule has 1 aromatic heterocycles. The molecule has 0 unspecified atom stereocenters. The molecule has 1 heterocycles. The van der Waals surface area contributed by atoms with Gasteiger partial charge in [0.25, 0.3) is 0 Å². The molecule has 1 aliphatic carbocycles. The first-order chi connectivity index (χ1) is 26.8. The number of hydrogen-bond donors (Lipinski definition) is 0. The van der Waals surface area contributed by atoms with Crippen molar-refractivity contribution in [3.8, 4) is 33.4 Å². The number of para-hydroxylation sites is 1. The van der Waals surface area contributed by atoms with E-state index in [9.17, 15) is 0 Å². The van der Waals surface area contributed by atoms with Crippen molar-refractivity contribution in [3.05, 3.63) is 216 Å². The van der Waals surface area contributed by atoms with Crippen LogP contribution in [0.15, 0.2) is 199 Å². The maximum Gasteiger partial charge on any atom is 0.140 e. The van der Waals surface area contributed by atoms with Crippen LogP contribution >= 0.6 is 0 Å². The second-order valence-corrected chi connectivity index (χ2v) is 14.7. The van der Waals surface area contributed by atoms with Gasteiger partial charge < -0.3 is 4.42 Å². The van der Waals surface area contributed by atoms with Crippen LogP contribution in [0.5, 0.6) is 0 Å². The Morgan fingerprint density at radius 1 is 0.352 bits per heavy atom. The van der Waals surface area contributed by atoms with Gasteiger partial charge in [0.05, 0.1) is 5.41 Å². The van der Waals surface area contributed by atoms with Gasteiger partial charge in [-0.15, -0.1) is 0 Å². The van der Waals surface area contributed by atoms with Gasteiger partial charge >= 0.3 is 0 Å². The summed E-state index contributed by atoms with van der Waals surface area (Å²) in [4.78, 5) is 0. The van der Waals surface area contributed by atoms with Crippen LogP contribution in [-0.4, -0.2) is 0 Å². The molecule has 0 fully saturated rings. The summed E-state index contributed by atoms with van der Waals surface area (Å²) >= 11 is 0. The summed E-state index contributed by atoms with van der Waals surface area (Å²) in [6.07, 6.45) is 0. The van der Waals surface area contributed by atoms with Crippen molar-refractivity contribution in [1.29, 1.82) is 0 Å². The number of furan rings is 1. The zero-order chi connectivity index (χ0) is 35.4. The van der Waals surface area contributed by atoms with E-state index in [0.29, 0.717) is 0 Å². The van der Waals surface area contributed by atoms with Gasteiger partial charge in [-0.2, -0.15) is 0 Å². The molecule has 1 heteroatoms. The predicted octanol–water partition coefficient (Wildman–Crippen LogP) is 14.2. The van der Waals surface area contributed by atoms with Crippen LogP contribution in [0.3, 0.4) is 0 Å². The molecule has 12 rings (SSSR count). The molecule has 54 heavy (non-hydrogen) atoms. The van der Waals surface area contributed by atoms with E-state index in [1.54, 1.807) is 0 Å². The number of hydrogen-bond acceptors (Lipinski definition) is 1. The van der Waals surface area contributed by atoms with E-state index in [2.05, 4.69) is 194 Å². The fourth-order valence-corrected chi connectivity index (χ4v) is 9.93. The van der Waals surface area contributed by atoms with Gasteiger partial charge in [-0.1, -0.05) is 182 Å². The normalized spacial score (nSPS) is 13.3. The SMILES string of the molecule is c1ccc(-c2ccc3ccc4c(-c5cccc6c5-c5ccc7c(oc8ccccc87)c5C6(c5ccccc5)c5ccccc5)ccc5ccc2c3c54)cc1. The van der Waals surface area contributed by atoms with Crippen molar-refractivity contribution in [2.24, 2.45) is 0 Å². The minimum Gasteiger partial charge on any atom is -0.456 e. The smallest absolute Gasteiger partial charge is 0.140 e. The van der Waals surface area contributed by atoms with Gasteiger partial charge in [-0.25, -0.2) is 0 Å². The summed E-state index contributed by atoms with van der Waals surface area (Å²) in [5.74, 6) is 0. The van der Waals surface area contributed by atoms with E-state index in [0.717, 1.165) is 21.9 Å². The molecular formula is C53H32O. The Hall–Kier alpha value is -6.96. The van der Waals surface area contributed by atoms with Crippen molar-refractivity contribution < 1.29 is 4.42 Å². The first-order valence-corrected chi connectivity index (χ1v) is 18.8. The maximum absolute atomic E-state index is 6.97. The summed E-state index contributed by atoms with van der Waals surface area (Å²) in [5.41, 5.74) is 13.7. The summed E-state index contributed by atoms with van der Waals surface area (Å²) < 4.78 is 6.97. The first kappa shape index (κ1) is 29.6. The molecule has 250 valence electrons. The van der Waals surface area contributed by atoms with Crippen LogP contribution in [0.4, 0.5) is 0 Å². The third kappa shape index (κ3) is 3.83. The van der Waals surface area contributed by atoms with Gasteiger partial charge in [0, 0.05) is 16.3 Å². The van der Waals surface area contributed by atoms with E-state index in [1.165, 1.54) is 88.0 Å². The van der Waals surface area contributed by atoms with Crippen LogP contribution in [0.25, 0.3) is 87.6 Å². The highest BCUT2D eigenvalue weighted by molar-refractivity contribution is 6.28. The fourth-order valence-electron chi connectivity index (χ4n) is 9.93. The molecule has 0 saturated heterocycles. The Bertz CT molecular complexity index is 3200. The Morgan fingerprint density at radius 2 is 0.907 bits per heavy atom. The van der Waals surface area contributed by atoms with Crippen molar-refractivity contribution in [1.82, 2.24) is 0 Å². The summed E-state index contributed by atoms with van der Waals surface area (Å²) in [7, 11) is 0. The second kappa shape index (κ2) is 11.0. The third-order valence-corrected chi connectivity index (χ3v) is 12.1. The quantitative estimate of drug-likeness (QED) is 0.168. The van der Waals surface area contributed by atoms with Crippen LogP contribution < -0.4 is 0 Å². The molecule has 0 radical (unpaired) electrons. The van der Waals surface area contributed by atoms with Crippen molar-refractivity contribution in [2.45, 2.75) is 5.41 Å². The molecule has 0 N–H and O–H groups in total. The largest absolute Gasteiger partial charge is 0.456 e. The van der Waals surface area contributed by atoms with Crippen molar-refractivity contribution in [2.75, 3.05) is 0 Å². The van der Waals surface area contributed by atoms with Crippen molar-refractivity contribution >= 4 is 54.3 Å². The lowest BCUT2D eigenvalue weighted by Gasteiger charge is -2.33. The Morgan fingerprint density at radius 3 is 1.61 bits per heavy atom. The summed E-state index contributed by atoms with van der Waals surface area (Å²) in [6, 6.07) is 71.4. The van der Waals surface area contributed by atoms with Crippen molar-refractivity contribution in [3.63, 3.8) is 0 Å². The lowest BCUT2D eigenvalue weighted by atomic mass is 9.67. The topological polar surface area (TPSA) is 13.1 Å². The monoisotopic (exact) mass is 684 g/mol. The van der Waals surface area contributed by atoms with Gasteiger partial charge in [0.1, 0.15) is 11.2 Å². The summed E-state index contributed by atoms with van der Waals surface area (Å²) in [6.45, 7) is 0. The fraction of sp³-hybridized carbons (Fsp3) is 0.0189. The highest BCUT2D eigenvalue weighted by atomic mass is 16.3. The molecule has 10 aromatic carbocycles. The van der Waals surface area contributed by atoms with Crippen LogP contribution in [0.1, 0.15) is 22.3 Å². The molecule has 0 amide bonds. The second-order valence-electron chi connectivity index (χ2n) is 14.7. The van der Waals surface area contributed by atoms with E-state index in [4.69, 9.17) is 4.42 Å². The number of rotatable bonds is 4. The average molecular weight is 685 g/mol. The van der Waals surface area contributed by atoms with E-state index in [-0.39, 0.29) is 0 Å². The van der Waals surface area contributed by atoms with Gasteiger partial charge in [0.2, 0.25) is 0 Å². The van der Waals surface area contributed by atoms with E-state index >= 15 is 0 Å². The molecule has 0 saturated carbocycles. The summed E-state index contributed by atoms with van der Waals surface area (Å²) in [5, 5.41) is 10.0. The number of benzene rings is 10. The highest BCUT2D eigenvalue weighted by Gasteiger charge is 2.49. The maximum atomic E-state index is 6.97. The molecule has 11 aromatic rings. The van der Waals surface area contributed by atoms with Crippen LogP contribution in [0.2, 0.25) is 0 Å². The van der Waals surface area contributed by atoms with Crippen LogP contribution in [-0.2, 0) is 5.41 Å². The van der Waals surface area contributed by atoms with Gasteiger partial charge in [0.15, 0.2) is 0 Å². The Balaban J connectivity index is 1.22. The number of fused-ring (bicyclic) bond motifs is 7. The predicted molar refractivity (Wildman–Crippen MR) is 226 cm³/mol. The van der Waals surface area contributed by atoms with E-state index < -0.39 is 5.41 Å². The zero-order valence-corrected chi connectivity index (χ0v) is 29.4. The Kier molecular flexibility index (Phi) is 6.04. The Labute approximate surface area is 312 Å². The lowest BCUT2D eigenvalue weighted by Crippen LogP contribution is -2.28. The first-order valence-electron chi connectivity index (χ1n) is 18.8. The minimum absolute atomic E-state index is 0.606. The highest BCUT2D eigenvalue weighted by Crippen LogP contribution is 2.61. The molecule has 0 atom stereocenters. The standard InChI is InChI=1S/C53H32O/c1-4-13-33(14-5-1)38-27-23-34-26-30-43-39(28-24-35-25-29-42(38)48(34)49(35)43)41-20-12-21-46-50(41)45-32-31-44-40-19-10-11-22-47(40)54-52(44)51(45)53(46,36-15-6-2-7-16-36)37-17-8-3-9-18-37/h1-32H. The average Bonchev–Trinajstić information content (AvgIpc) is 3.78. The molecule has 0 spiro atoms. The molecule has 1 aliphatic rings. The zero-order valence-electron chi connectivity index (χ0n) is 29.4. The third-order valence-electron chi connectivity index (χ3n) is 12.1. The molecule has 0 aliphatic heterocycles. The minimum atomic E-state index is -0.606.